The molecule has 2 aromatic rings. The Bertz CT molecular complexity index is 624. The fraction of sp³-hybridized carbons (Fsp3) is 0.250. The number of benzene rings is 2. The van der Waals surface area contributed by atoms with Gasteiger partial charge in [-0.15, -0.1) is 0 Å². The highest BCUT2D eigenvalue weighted by Gasteiger charge is 2.22. The van der Waals surface area contributed by atoms with Gasteiger partial charge in [-0.1, -0.05) is 23.7 Å². The Kier molecular flexibility index (Phi) is 3.11. The molecule has 3 heteroatoms. The largest absolute Gasteiger partial charge is 0.496 e. The van der Waals surface area contributed by atoms with Gasteiger partial charge in [0, 0.05) is 10.7 Å². The minimum Gasteiger partial charge on any atom is -0.496 e. The van der Waals surface area contributed by atoms with Crippen LogP contribution in [0.15, 0.2) is 36.4 Å². The predicted molar refractivity (Wildman–Crippen MR) is 79.3 cm³/mol. The highest BCUT2D eigenvalue weighted by Crippen LogP contribution is 2.36. The van der Waals surface area contributed by atoms with Crippen molar-refractivity contribution in [3.8, 4) is 5.75 Å². The summed E-state index contributed by atoms with van der Waals surface area (Å²) in [6, 6.07) is 12.7. The number of hydrogen-bond donors (Lipinski definition) is 1. The van der Waals surface area contributed by atoms with Crippen molar-refractivity contribution in [1.82, 2.24) is 0 Å². The van der Waals surface area contributed by atoms with Gasteiger partial charge in [0.1, 0.15) is 5.75 Å². The Labute approximate surface area is 118 Å². The third kappa shape index (κ3) is 2.28. The Morgan fingerprint density at radius 2 is 2.05 bits per heavy atom. The van der Waals surface area contributed by atoms with E-state index in [0.717, 1.165) is 22.8 Å². The summed E-state index contributed by atoms with van der Waals surface area (Å²) in [6.07, 6.45) is 0.974. The maximum atomic E-state index is 6.04. The smallest absolute Gasteiger partial charge is 0.121 e. The van der Waals surface area contributed by atoms with Gasteiger partial charge in [-0.25, -0.2) is 0 Å². The molecule has 19 heavy (non-hydrogen) atoms. The Hall–Kier alpha value is -1.67. The number of nitrogens with one attached hydrogen (secondary N) is 1. The summed E-state index contributed by atoms with van der Waals surface area (Å²) in [7, 11) is 1.70. The molecule has 0 fully saturated rings. The molecule has 0 aromatic heterocycles. The molecule has 0 radical (unpaired) electrons. The van der Waals surface area contributed by atoms with Gasteiger partial charge >= 0.3 is 0 Å². The topological polar surface area (TPSA) is 21.3 Å². The highest BCUT2D eigenvalue weighted by molar-refractivity contribution is 6.30. The van der Waals surface area contributed by atoms with Crippen molar-refractivity contribution < 1.29 is 4.74 Å². The quantitative estimate of drug-likeness (QED) is 0.877. The highest BCUT2D eigenvalue weighted by atomic mass is 35.5. The summed E-state index contributed by atoms with van der Waals surface area (Å²) in [4.78, 5) is 0. The molecule has 98 valence electrons. The van der Waals surface area contributed by atoms with E-state index < -0.39 is 0 Å². The summed E-state index contributed by atoms with van der Waals surface area (Å²) < 4.78 is 5.30. The molecule has 1 unspecified atom stereocenters. The zero-order valence-electron chi connectivity index (χ0n) is 11.0. The molecule has 0 bridgehead atoms. The maximum Gasteiger partial charge on any atom is 0.121 e. The molecule has 1 N–H and O–H groups in total. The molecule has 0 amide bonds. The van der Waals surface area contributed by atoms with E-state index in [1.807, 2.05) is 24.3 Å². The lowest BCUT2D eigenvalue weighted by atomic mass is 10.0. The van der Waals surface area contributed by atoms with Crippen LogP contribution >= 0.6 is 11.6 Å². The second-order valence-electron chi connectivity index (χ2n) is 4.93. The van der Waals surface area contributed by atoms with E-state index in [1.165, 1.54) is 16.8 Å². The predicted octanol–water partition coefficient (Wildman–Crippen LogP) is 4.37. The normalized spacial score (nSPS) is 16.9. The first-order chi connectivity index (χ1) is 9.17. The van der Waals surface area contributed by atoms with Crippen LogP contribution in [0.5, 0.6) is 5.75 Å². The van der Waals surface area contributed by atoms with Crippen molar-refractivity contribution >= 4 is 17.3 Å². The molecule has 1 aliphatic rings. The van der Waals surface area contributed by atoms with Crippen LogP contribution in [-0.2, 0) is 6.42 Å². The van der Waals surface area contributed by atoms with E-state index in [2.05, 4.69) is 24.4 Å². The van der Waals surface area contributed by atoms with Crippen molar-refractivity contribution in [3.05, 3.63) is 58.1 Å². The lowest BCUT2D eigenvalue weighted by Crippen LogP contribution is -2.06. The van der Waals surface area contributed by atoms with Crippen molar-refractivity contribution in [1.29, 1.82) is 0 Å². The van der Waals surface area contributed by atoms with Gasteiger partial charge < -0.3 is 10.1 Å². The monoisotopic (exact) mass is 273 g/mol. The van der Waals surface area contributed by atoms with E-state index in [-0.39, 0.29) is 0 Å². The SMILES string of the molecule is COc1ccc(C2Cc3cc(Cl)ccc3N2)cc1C. The number of anilines is 1. The zero-order chi connectivity index (χ0) is 13.4. The van der Waals surface area contributed by atoms with Gasteiger partial charge in [-0.05, 0) is 54.3 Å². The van der Waals surface area contributed by atoms with E-state index in [0.29, 0.717) is 6.04 Å². The van der Waals surface area contributed by atoms with Crippen LogP contribution in [0.1, 0.15) is 22.7 Å². The summed E-state index contributed by atoms with van der Waals surface area (Å²) in [6.45, 7) is 2.07. The standard InChI is InChI=1S/C16H16ClNO/c1-10-7-11(3-6-16(10)19-2)15-9-12-8-13(17)4-5-14(12)18-15/h3-8,15,18H,9H2,1-2H3. The average molecular weight is 274 g/mol. The van der Waals surface area contributed by atoms with Crippen molar-refractivity contribution in [2.45, 2.75) is 19.4 Å². The van der Waals surface area contributed by atoms with Gasteiger partial charge in [-0.2, -0.15) is 0 Å². The molecule has 1 atom stereocenters. The molecule has 2 aromatic carbocycles. The summed E-state index contributed by atoms with van der Waals surface area (Å²) in [5.41, 5.74) is 4.91. The minimum absolute atomic E-state index is 0.318. The first-order valence-electron chi connectivity index (χ1n) is 6.37. The van der Waals surface area contributed by atoms with Crippen LogP contribution in [0, 0.1) is 6.92 Å². The Balaban J connectivity index is 1.88. The van der Waals surface area contributed by atoms with Crippen molar-refractivity contribution in [2.75, 3.05) is 12.4 Å². The summed E-state index contributed by atoms with van der Waals surface area (Å²) >= 11 is 6.04. The number of ether oxygens (including phenoxy) is 1. The first kappa shape index (κ1) is 12.4. The van der Waals surface area contributed by atoms with Crippen LogP contribution in [0.25, 0.3) is 0 Å². The van der Waals surface area contributed by atoms with Gasteiger partial charge in [0.2, 0.25) is 0 Å². The van der Waals surface area contributed by atoms with E-state index >= 15 is 0 Å². The summed E-state index contributed by atoms with van der Waals surface area (Å²) in [5.74, 6) is 0.933. The summed E-state index contributed by atoms with van der Waals surface area (Å²) in [5, 5.41) is 4.34. The zero-order valence-corrected chi connectivity index (χ0v) is 11.8. The molecule has 0 saturated heterocycles. The number of halogens is 1. The number of methoxy groups -OCH3 is 1. The van der Waals surface area contributed by atoms with Crippen molar-refractivity contribution in [3.63, 3.8) is 0 Å². The number of rotatable bonds is 2. The second-order valence-corrected chi connectivity index (χ2v) is 5.37. The molecule has 1 aliphatic heterocycles. The van der Waals surface area contributed by atoms with Gasteiger partial charge in [0.15, 0.2) is 0 Å². The van der Waals surface area contributed by atoms with Crippen molar-refractivity contribution in [2.24, 2.45) is 0 Å². The molecule has 2 nitrogen and oxygen atoms in total. The molecule has 1 heterocycles. The lowest BCUT2D eigenvalue weighted by molar-refractivity contribution is 0.411. The van der Waals surface area contributed by atoms with Crippen LogP contribution in [0.3, 0.4) is 0 Å². The number of hydrogen-bond acceptors (Lipinski definition) is 2. The third-order valence-electron chi connectivity index (χ3n) is 3.64. The number of aryl methyl sites for hydroxylation is 1. The van der Waals surface area contributed by atoms with Gasteiger partial charge in [-0.3, -0.25) is 0 Å². The molecular formula is C16H16ClNO. The first-order valence-corrected chi connectivity index (χ1v) is 6.74. The van der Waals surface area contributed by atoms with Crippen LogP contribution in [0.2, 0.25) is 5.02 Å². The Morgan fingerprint density at radius 1 is 1.21 bits per heavy atom. The maximum absolute atomic E-state index is 6.04. The van der Waals surface area contributed by atoms with E-state index in [9.17, 15) is 0 Å². The van der Waals surface area contributed by atoms with Gasteiger partial charge in [0.05, 0.1) is 13.2 Å². The van der Waals surface area contributed by atoms with E-state index in [1.54, 1.807) is 7.11 Å². The number of fused-ring (bicyclic) bond motifs is 1. The fourth-order valence-electron chi connectivity index (χ4n) is 2.65. The van der Waals surface area contributed by atoms with Crippen LogP contribution in [-0.4, -0.2) is 7.11 Å². The van der Waals surface area contributed by atoms with Gasteiger partial charge in [0.25, 0.3) is 0 Å². The van der Waals surface area contributed by atoms with E-state index in [4.69, 9.17) is 16.3 Å². The third-order valence-corrected chi connectivity index (χ3v) is 3.88. The molecule has 0 spiro atoms. The molecule has 0 aliphatic carbocycles. The molecule has 0 saturated carbocycles. The molecular weight excluding hydrogens is 258 g/mol. The Morgan fingerprint density at radius 3 is 2.79 bits per heavy atom. The minimum atomic E-state index is 0.318. The van der Waals surface area contributed by atoms with Crippen LogP contribution < -0.4 is 10.1 Å². The average Bonchev–Trinajstić information content (AvgIpc) is 2.81. The fourth-order valence-corrected chi connectivity index (χ4v) is 2.84. The lowest BCUT2D eigenvalue weighted by Gasteiger charge is -2.14. The van der Waals surface area contributed by atoms with Crippen LogP contribution in [0.4, 0.5) is 5.69 Å². The second kappa shape index (κ2) is 4.78. The molecule has 3 rings (SSSR count).